The summed E-state index contributed by atoms with van der Waals surface area (Å²) in [6.45, 7) is 1.84. The Balaban J connectivity index is 1.70. The number of anilines is 1. The Kier molecular flexibility index (Phi) is 5.23. The first-order valence-electron chi connectivity index (χ1n) is 8.68. The second-order valence-electron chi connectivity index (χ2n) is 6.03. The lowest BCUT2D eigenvalue weighted by atomic mass is 10.0. The molecule has 1 atom stereocenters. The molecular weight excluding hydrogens is 366 g/mol. The Bertz CT molecular complexity index is 933. The summed E-state index contributed by atoms with van der Waals surface area (Å²) in [4.78, 5) is 29.1. The first-order valence-corrected chi connectivity index (χ1v) is 9.49. The van der Waals surface area contributed by atoms with E-state index in [4.69, 9.17) is 9.84 Å². The first kappa shape index (κ1) is 17.8. The lowest BCUT2D eigenvalue weighted by Gasteiger charge is -2.33. The lowest BCUT2D eigenvalue weighted by Crippen LogP contribution is -2.40. The quantitative estimate of drug-likeness (QED) is 0.684. The van der Waals surface area contributed by atoms with Gasteiger partial charge in [-0.2, -0.15) is 0 Å². The number of aromatic nitrogens is 3. The normalized spacial score (nSPS) is 17.2. The third kappa shape index (κ3) is 3.61. The van der Waals surface area contributed by atoms with E-state index in [1.807, 2.05) is 12.1 Å². The number of aliphatic hydroxyl groups excluding tert-OH is 1. The van der Waals surface area contributed by atoms with Gasteiger partial charge in [-0.05, 0) is 12.1 Å². The highest BCUT2D eigenvalue weighted by Crippen LogP contribution is 2.37. The van der Waals surface area contributed by atoms with Gasteiger partial charge >= 0.3 is 0 Å². The third-order valence-corrected chi connectivity index (χ3v) is 5.46. The smallest absolute Gasteiger partial charge is 0.261 e. The van der Waals surface area contributed by atoms with Crippen LogP contribution in [0.5, 0.6) is 0 Å². The van der Waals surface area contributed by atoms with Crippen LogP contribution in [0.4, 0.5) is 5.95 Å². The zero-order chi connectivity index (χ0) is 18.6. The van der Waals surface area contributed by atoms with Crippen LogP contribution in [0, 0.1) is 0 Å². The monoisotopic (exact) mass is 385 g/mol. The standard InChI is InChI=1S/C18H19N5O3S/c24-9-7-19-16(25)15-14(12-3-1-4-20-17(12)27-15)13-11-23(8-10-26-13)18-21-5-2-6-22-18/h1-6,13,24H,7-11H2,(H,19,25). The molecule has 0 aromatic carbocycles. The number of ether oxygens (including phenoxy) is 1. The van der Waals surface area contributed by atoms with Gasteiger partial charge in [0.15, 0.2) is 0 Å². The van der Waals surface area contributed by atoms with E-state index in [9.17, 15) is 4.79 Å². The number of thiophene rings is 1. The summed E-state index contributed by atoms with van der Waals surface area (Å²) in [5.41, 5.74) is 0.833. The predicted octanol–water partition coefficient (Wildman–Crippen LogP) is 1.39. The van der Waals surface area contributed by atoms with Crippen molar-refractivity contribution < 1.29 is 14.6 Å². The molecule has 1 saturated heterocycles. The van der Waals surface area contributed by atoms with Gasteiger partial charge in [0.05, 0.1) is 19.8 Å². The number of carbonyl (C=O) groups excluding carboxylic acids is 1. The number of aliphatic hydroxyl groups is 1. The predicted molar refractivity (Wildman–Crippen MR) is 102 cm³/mol. The van der Waals surface area contributed by atoms with Crippen molar-refractivity contribution in [2.45, 2.75) is 6.10 Å². The summed E-state index contributed by atoms with van der Waals surface area (Å²) in [7, 11) is 0. The van der Waals surface area contributed by atoms with Gasteiger partial charge < -0.3 is 20.1 Å². The molecule has 3 aromatic rings. The number of fused-ring (bicyclic) bond motifs is 1. The minimum atomic E-state index is -0.296. The average molecular weight is 385 g/mol. The summed E-state index contributed by atoms with van der Waals surface area (Å²) in [6.07, 6.45) is 4.84. The SMILES string of the molecule is O=C(NCCO)c1sc2ncccc2c1C1CN(c2ncccn2)CCO1. The molecule has 4 rings (SSSR count). The number of pyridine rings is 1. The molecule has 1 fully saturated rings. The molecule has 9 heteroatoms. The fourth-order valence-corrected chi connectivity index (χ4v) is 4.26. The van der Waals surface area contributed by atoms with Crippen molar-refractivity contribution in [2.75, 3.05) is 37.7 Å². The maximum Gasteiger partial charge on any atom is 0.261 e. The Labute approximate surface area is 159 Å². The second kappa shape index (κ2) is 7.95. The molecule has 1 unspecified atom stereocenters. The van der Waals surface area contributed by atoms with Crippen LogP contribution in [0.3, 0.4) is 0 Å². The fourth-order valence-electron chi connectivity index (χ4n) is 3.15. The molecule has 1 amide bonds. The average Bonchev–Trinajstić information content (AvgIpc) is 3.12. The van der Waals surface area contributed by atoms with Crippen LogP contribution >= 0.6 is 11.3 Å². The van der Waals surface area contributed by atoms with E-state index < -0.39 is 0 Å². The number of hydrogen-bond acceptors (Lipinski definition) is 8. The van der Waals surface area contributed by atoms with E-state index in [2.05, 4.69) is 25.2 Å². The van der Waals surface area contributed by atoms with Crippen molar-refractivity contribution in [2.24, 2.45) is 0 Å². The maximum atomic E-state index is 12.7. The molecule has 3 aromatic heterocycles. The van der Waals surface area contributed by atoms with Gasteiger partial charge in [0.2, 0.25) is 5.95 Å². The number of hydrogen-bond donors (Lipinski definition) is 2. The summed E-state index contributed by atoms with van der Waals surface area (Å²) in [5.74, 6) is 0.425. The summed E-state index contributed by atoms with van der Waals surface area (Å²) >= 11 is 1.34. The number of nitrogens with one attached hydrogen (secondary N) is 1. The number of amides is 1. The molecule has 0 spiro atoms. The number of nitrogens with zero attached hydrogens (tertiary/aromatic N) is 4. The highest BCUT2D eigenvalue weighted by atomic mass is 32.1. The van der Waals surface area contributed by atoms with Gasteiger partial charge in [0, 0.05) is 42.6 Å². The molecule has 0 saturated carbocycles. The van der Waals surface area contributed by atoms with Crippen molar-refractivity contribution in [1.82, 2.24) is 20.3 Å². The zero-order valence-corrected chi connectivity index (χ0v) is 15.4. The molecule has 27 heavy (non-hydrogen) atoms. The van der Waals surface area contributed by atoms with E-state index in [-0.39, 0.29) is 25.2 Å². The second-order valence-corrected chi connectivity index (χ2v) is 7.03. The molecule has 0 bridgehead atoms. The van der Waals surface area contributed by atoms with E-state index in [0.29, 0.717) is 30.5 Å². The van der Waals surface area contributed by atoms with Crippen LogP contribution in [0.2, 0.25) is 0 Å². The van der Waals surface area contributed by atoms with Crippen molar-refractivity contribution in [3.05, 3.63) is 47.2 Å². The van der Waals surface area contributed by atoms with Gasteiger partial charge in [-0.15, -0.1) is 11.3 Å². The molecule has 8 nitrogen and oxygen atoms in total. The van der Waals surface area contributed by atoms with E-state index in [1.54, 1.807) is 24.7 Å². The van der Waals surface area contributed by atoms with Crippen LogP contribution in [-0.2, 0) is 4.74 Å². The van der Waals surface area contributed by atoms with E-state index >= 15 is 0 Å². The highest BCUT2D eigenvalue weighted by molar-refractivity contribution is 7.20. The molecule has 0 aliphatic carbocycles. The molecular formula is C18H19N5O3S. The van der Waals surface area contributed by atoms with Crippen LogP contribution in [0.15, 0.2) is 36.8 Å². The van der Waals surface area contributed by atoms with Crippen molar-refractivity contribution in [3.63, 3.8) is 0 Å². The van der Waals surface area contributed by atoms with Crippen LogP contribution in [0.1, 0.15) is 21.3 Å². The van der Waals surface area contributed by atoms with Gasteiger partial charge in [-0.1, -0.05) is 6.07 Å². The Morgan fingerprint density at radius 3 is 2.93 bits per heavy atom. The minimum absolute atomic E-state index is 0.108. The Hall–Kier alpha value is -2.62. The zero-order valence-electron chi connectivity index (χ0n) is 14.5. The van der Waals surface area contributed by atoms with E-state index in [1.165, 1.54) is 11.3 Å². The summed E-state index contributed by atoms with van der Waals surface area (Å²) in [6, 6.07) is 5.59. The van der Waals surface area contributed by atoms with Gasteiger partial charge in [-0.3, -0.25) is 4.79 Å². The maximum absolute atomic E-state index is 12.7. The molecule has 140 valence electrons. The van der Waals surface area contributed by atoms with Crippen molar-refractivity contribution in [3.8, 4) is 0 Å². The molecule has 2 N–H and O–H groups in total. The molecule has 0 radical (unpaired) electrons. The minimum Gasteiger partial charge on any atom is -0.395 e. The topological polar surface area (TPSA) is 100 Å². The molecule has 1 aliphatic heterocycles. The van der Waals surface area contributed by atoms with Crippen LogP contribution < -0.4 is 10.2 Å². The molecule has 1 aliphatic rings. The third-order valence-electron chi connectivity index (χ3n) is 4.33. The van der Waals surface area contributed by atoms with Gasteiger partial charge in [-0.25, -0.2) is 15.0 Å². The highest BCUT2D eigenvalue weighted by Gasteiger charge is 2.30. The van der Waals surface area contributed by atoms with Gasteiger partial charge in [0.1, 0.15) is 15.8 Å². The van der Waals surface area contributed by atoms with E-state index in [0.717, 1.165) is 15.8 Å². The van der Waals surface area contributed by atoms with Crippen LogP contribution in [0.25, 0.3) is 10.2 Å². The Morgan fingerprint density at radius 2 is 2.11 bits per heavy atom. The summed E-state index contributed by atoms with van der Waals surface area (Å²) in [5, 5.41) is 12.7. The number of carbonyl (C=O) groups is 1. The molecule has 4 heterocycles. The summed E-state index contributed by atoms with van der Waals surface area (Å²) < 4.78 is 6.03. The number of morpholine rings is 1. The van der Waals surface area contributed by atoms with Crippen LogP contribution in [-0.4, -0.2) is 58.8 Å². The fraction of sp³-hybridized carbons (Fsp3) is 0.333. The largest absolute Gasteiger partial charge is 0.395 e. The van der Waals surface area contributed by atoms with Gasteiger partial charge in [0.25, 0.3) is 5.91 Å². The van der Waals surface area contributed by atoms with Crippen molar-refractivity contribution in [1.29, 1.82) is 0 Å². The number of rotatable bonds is 5. The van der Waals surface area contributed by atoms with Crippen molar-refractivity contribution >= 4 is 33.4 Å². The lowest BCUT2D eigenvalue weighted by molar-refractivity contribution is 0.0396. The Morgan fingerprint density at radius 1 is 1.30 bits per heavy atom. The first-order chi connectivity index (χ1) is 13.3.